The molecule has 1 amide bonds. The molecule has 7 nitrogen and oxygen atoms in total. The zero-order chi connectivity index (χ0) is 21.3. The number of carbonyl (C=O) groups is 1. The van der Waals surface area contributed by atoms with Crippen LogP contribution in [0.1, 0.15) is 32.3 Å². The summed E-state index contributed by atoms with van der Waals surface area (Å²) in [6.45, 7) is 6.00. The van der Waals surface area contributed by atoms with Crippen molar-refractivity contribution < 1.29 is 9.53 Å². The topological polar surface area (TPSA) is 75.9 Å². The Labute approximate surface area is 184 Å². The summed E-state index contributed by atoms with van der Waals surface area (Å²) >= 11 is 6.65. The summed E-state index contributed by atoms with van der Waals surface area (Å²) in [5, 5.41) is 3.26. The molecule has 0 aliphatic carbocycles. The van der Waals surface area contributed by atoms with Crippen molar-refractivity contribution in [3.63, 3.8) is 0 Å². The van der Waals surface area contributed by atoms with E-state index < -0.39 is 0 Å². The summed E-state index contributed by atoms with van der Waals surface area (Å²) in [7, 11) is 0. The van der Waals surface area contributed by atoms with Gasteiger partial charge in [0.25, 0.3) is 11.5 Å². The Morgan fingerprint density at radius 2 is 2.23 bits per heavy atom. The number of ether oxygens (including phenoxy) is 1. The normalized spacial score (nSPS) is 20.8. The Morgan fingerprint density at radius 3 is 2.97 bits per heavy atom. The fourth-order valence-corrected chi connectivity index (χ4v) is 4.71. The summed E-state index contributed by atoms with van der Waals surface area (Å²) < 4.78 is 7.63. The summed E-state index contributed by atoms with van der Waals surface area (Å²) in [5.74, 6) is 0.663. The van der Waals surface area contributed by atoms with Gasteiger partial charge in [0.1, 0.15) is 15.8 Å². The number of hydrogen-bond acceptors (Lipinski definition) is 7. The highest BCUT2D eigenvalue weighted by Gasteiger charge is 2.35. The lowest BCUT2D eigenvalue weighted by Gasteiger charge is -2.18. The van der Waals surface area contributed by atoms with Gasteiger partial charge in [0.2, 0.25) is 0 Å². The van der Waals surface area contributed by atoms with Crippen molar-refractivity contribution >= 4 is 51.7 Å². The number of fused-ring (bicyclic) bond motifs is 1. The molecule has 2 aromatic rings. The van der Waals surface area contributed by atoms with Crippen LogP contribution in [0.2, 0.25) is 0 Å². The molecule has 4 rings (SSSR count). The van der Waals surface area contributed by atoms with E-state index >= 15 is 0 Å². The van der Waals surface area contributed by atoms with Gasteiger partial charge in [0.05, 0.1) is 23.1 Å². The first-order chi connectivity index (χ1) is 14.4. The second kappa shape index (κ2) is 8.87. The van der Waals surface area contributed by atoms with E-state index in [0.717, 1.165) is 19.4 Å². The molecule has 0 saturated carbocycles. The monoisotopic (exact) mass is 444 g/mol. The Hall–Kier alpha value is -2.23. The predicted octanol–water partition coefficient (Wildman–Crippen LogP) is 3.14. The van der Waals surface area contributed by atoms with Crippen LogP contribution in [-0.2, 0) is 9.53 Å². The highest BCUT2D eigenvalue weighted by Crippen LogP contribution is 2.34. The van der Waals surface area contributed by atoms with Crippen molar-refractivity contribution in [2.24, 2.45) is 5.92 Å². The number of rotatable bonds is 6. The molecule has 0 radical (unpaired) electrons. The predicted molar refractivity (Wildman–Crippen MR) is 124 cm³/mol. The van der Waals surface area contributed by atoms with Crippen LogP contribution in [0, 0.1) is 5.92 Å². The Morgan fingerprint density at radius 1 is 1.40 bits per heavy atom. The molecule has 158 valence electrons. The quantitative estimate of drug-likeness (QED) is 0.542. The van der Waals surface area contributed by atoms with Crippen LogP contribution in [-0.4, -0.2) is 50.3 Å². The smallest absolute Gasteiger partial charge is 0.267 e. The van der Waals surface area contributed by atoms with Crippen molar-refractivity contribution in [1.29, 1.82) is 0 Å². The van der Waals surface area contributed by atoms with Crippen LogP contribution >= 0.6 is 24.0 Å². The number of carbonyl (C=O) groups excluding carboxylic acids is 1. The molecule has 2 saturated heterocycles. The van der Waals surface area contributed by atoms with Gasteiger partial charge in [-0.25, -0.2) is 4.98 Å². The maximum absolute atomic E-state index is 13.2. The highest BCUT2D eigenvalue weighted by atomic mass is 32.2. The number of thiocarbonyl (C=S) groups is 1. The maximum atomic E-state index is 13.2. The van der Waals surface area contributed by atoms with Crippen molar-refractivity contribution in [3.05, 3.63) is 45.2 Å². The molecule has 9 heteroatoms. The van der Waals surface area contributed by atoms with Gasteiger partial charge in [-0.1, -0.05) is 43.9 Å². The number of nitrogens with one attached hydrogen (secondary N) is 1. The third-order valence-electron chi connectivity index (χ3n) is 5.01. The zero-order valence-electron chi connectivity index (χ0n) is 17.0. The van der Waals surface area contributed by atoms with Crippen molar-refractivity contribution in [2.75, 3.05) is 25.0 Å². The molecule has 4 heterocycles. The number of amides is 1. The molecule has 1 unspecified atom stereocenters. The van der Waals surface area contributed by atoms with Gasteiger partial charge in [-0.2, -0.15) is 0 Å². The molecule has 2 aliphatic rings. The number of anilines is 1. The Kier molecular flexibility index (Phi) is 6.21. The maximum Gasteiger partial charge on any atom is 0.267 e. The van der Waals surface area contributed by atoms with Gasteiger partial charge >= 0.3 is 0 Å². The van der Waals surface area contributed by atoms with Gasteiger partial charge < -0.3 is 10.1 Å². The average Bonchev–Trinajstić information content (AvgIpc) is 3.33. The zero-order valence-corrected chi connectivity index (χ0v) is 18.6. The second-order valence-electron chi connectivity index (χ2n) is 7.81. The summed E-state index contributed by atoms with van der Waals surface area (Å²) in [4.78, 5) is 32.8. The third-order valence-corrected chi connectivity index (χ3v) is 6.38. The van der Waals surface area contributed by atoms with Gasteiger partial charge in [-0.15, -0.1) is 0 Å². The molecule has 1 N–H and O–H groups in total. The van der Waals surface area contributed by atoms with Crippen molar-refractivity contribution in [3.8, 4) is 0 Å². The van der Waals surface area contributed by atoms with Crippen LogP contribution in [0.5, 0.6) is 0 Å². The molecule has 2 fully saturated rings. The van der Waals surface area contributed by atoms with E-state index in [4.69, 9.17) is 17.0 Å². The molecule has 0 aromatic carbocycles. The molecule has 30 heavy (non-hydrogen) atoms. The minimum Gasteiger partial charge on any atom is -0.376 e. The average molecular weight is 445 g/mol. The molecular weight excluding hydrogens is 420 g/mol. The standard InChI is InChI=1S/C21H24N4O3S2/c1-13(2)11-22-18-15(19(26)24-8-4-3-7-17(24)23-18)10-16-20(27)25(21(29)30-16)12-14-6-5-9-28-14/h3-4,7-8,10,13-14,22H,5-6,9,11-12H2,1-2H3/b16-10+. The minimum absolute atomic E-state index is 0.0167. The number of hydrogen-bond donors (Lipinski definition) is 1. The first-order valence-electron chi connectivity index (χ1n) is 10.1. The molecule has 2 aromatic heterocycles. The lowest BCUT2D eigenvalue weighted by atomic mass is 10.2. The molecule has 1 atom stereocenters. The first kappa shape index (κ1) is 21.0. The van der Waals surface area contributed by atoms with Crippen LogP contribution in [0.25, 0.3) is 11.7 Å². The molecular formula is C21H24N4O3S2. The molecule has 0 bridgehead atoms. The van der Waals surface area contributed by atoms with E-state index in [1.54, 1.807) is 29.3 Å². The van der Waals surface area contributed by atoms with E-state index in [1.165, 1.54) is 16.2 Å². The fourth-order valence-electron chi connectivity index (χ4n) is 3.45. The summed E-state index contributed by atoms with van der Waals surface area (Å²) in [5.41, 5.74) is 0.685. The van der Waals surface area contributed by atoms with E-state index in [0.29, 0.717) is 45.3 Å². The SMILES string of the molecule is CC(C)CNc1nc2ccccn2c(=O)c1/C=C1/SC(=S)N(CC2CCCO2)C1=O. The van der Waals surface area contributed by atoms with E-state index in [1.807, 2.05) is 6.07 Å². The minimum atomic E-state index is -0.226. The van der Waals surface area contributed by atoms with Gasteiger partial charge in [0.15, 0.2) is 0 Å². The molecule has 0 spiro atoms. The van der Waals surface area contributed by atoms with Crippen LogP contribution in [0.3, 0.4) is 0 Å². The highest BCUT2D eigenvalue weighted by molar-refractivity contribution is 8.26. The first-order valence-corrected chi connectivity index (χ1v) is 11.3. The Bertz CT molecular complexity index is 1070. The van der Waals surface area contributed by atoms with Gasteiger partial charge in [0, 0.05) is 19.3 Å². The number of pyridine rings is 1. The van der Waals surface area contributed by atoms with E-state index in [-0.39, 0.29) is 17.6 Å². The third kappa shape index (κ3) is 4.28. The molecule has 2 aliphatic heterocycles. The van der Waals surface area contributed by atoms with Crippen molar-refractivity contribution in [1.82, 2.24) is 14.3 Å². The second-order valence-corrected chi connectivity index (χ2v) is 9.49. The van der Waals surface area contributed by atoms with Gasteiger partial charge in [-0.05, 0) is 37.0 Å². The van der Waals surface area contributed by atoms with Crippen molar-refractivity contribution in [2.45, 2.75) is 32.8 Å². The number of aromatic nitrogens is 2. The largest absolute Gasteiger partial charge is 0.376 e. The van der Waals surface area contributed by atoms with E-state index in [2.05, 4.69) is 24.1 Å². The van der Waals surface area contributed by atoms with E-state index in [9.17, 15) is 9.59 Å². The van der Waals surface area contributed by atoms with Crippen LogP contribution in [0.4, 0.5) is 5.82 Å². The fraction of sp³-hybridized carbons (Fsp3) is 0.429. The van der Waals surface area contributed by atoms with Crippen LogP contribution in [0.15, 0.2) is 34.1 Å². The lowest BCUT2D eigenvalue weighted by molar-refractivity contribution is -0.123. The van der Waals surface area contributed by atoms with Gasteiger partial charge in [-0.3, -0.25) is 18.9 Å². The lowest BCUT2D eigenvalue weighted by Crippen LogP contribution is -2.35. The Balaban J connectivity index is 1.70. The summed E-state index contributed by atoms with van der Waals surface area (Å²) in [6.07, 6.45) is 5.24. The summed E-state index contributed by atoms with van der Waals surface area (Å²) in [6, 6.07) is 5.40. The number of thioether (sulfide) groups is 1. The number of nitrogens with zero attached hydrogens (tertiary/aromatic N) is 3. The van der Waals surface area contributed by atoms with Crippen LogP contribution < -0.4 is 10.9 Å².